The molecule has 0 aliphatic rings. The Hall–Kier alpha value is -1.01. The van der Waals surface area contributed by atoms with Crippen LogP contribution in [0.15, 0.2) is 36.8 Å². The highest BCUT2D eigenvalue weighted by Crippen LogP contribution is 2.20. The van der Waals surface area contributed by atoms with Crippen LogP contribution in [0.3, 0.4) is 0 Å². The summed E-state index contributed by atoms with van der Waals surface area (Å²) in [5.41, 5.74) is 0.839. The molecular weight excluding hydrogens is 338 g/mol. The highest BCUT2D eigenvalue weighted by Gasteiger charge is 2.11. The summed E-state index contributed by atoms with van der Waals surface area (Å²) in [6.45, 7) is 0. The second-order valence-electron chi connectivity index (χ2n) is 3.05. The van der Waals surface area contributed by atoms with Gasteiger partial charge < -0.3 is 0 Å². The second-order valence-corrected chi connectivity index (χ2v) is 4.62. The van der Waals surface area contributed by atoms with Crippen molar-refractivity contribution in [2.45, 2.75) is 0 Å². The van der Waals surface area contributed by atoms with Crippen molar-refractivity contribution in [3.05, 3.63) is 56.6 Å². The zero-order valence-electron chi connectivity index (χ0n) is 8.02. The van der Waals surface area contributed by atoms with Crippen LogP contribution in [0.4, 0.5) is 0 Å². The van der Waals surface area contributed by atoms with Gasteiger partial charge in [-0.25, -0.2) is 4.98 Å². The summed E-state index contributed by atoms with van der Waals surface area (Å²) in [6.07, 6.45) is 4.45. The van der Waals surface area contributed by atoms with Crippen molar-refractivity contribution in [1.29, 1.82) is 0 Å². The van der Waals surface area contributed by atoms with E-state index in [1.807, 2.05) is 0 Å². The van der Waals surface area contributed by atoms with Gasteiger partial charge >= 0.3 is 0 Å². The summed E-state index contributed by atoms with van der Waals surface area (Å²) in [7, 11) is 0. The molecule has 0 saturated carbocycles. The van der Waals surface area contributed by atoms with Crippen LogP contribution in [0, 0.1) is 3.57 Å². The Balaban J connectivity index is 2.39. The van der Waals surface area contributed by atoms with Crippen molar-refractivity contribution in [3.63, 3.8) is 0 Å². The lowest BCUT2D eigenvalue weighted by Gasteiger charge is -2.01. The molecule has 80 valence electrons. The summed E-state index contributed by atoms with van der Waals surface area (Å²) in [5, 5.41) is 0.565. The van der Waals surface area contributed by atoms with E-state index in [2.05, 4.69) is 32.6 Å². The van der Waals surface area contributed by atoms with E-state index in [9.17, 15) is 4.79 Å². The lowest BCUT2D eigenvalue weighted by molar-refractivity contribution is 0.103. The van der Waals surface area contributed by atoms with Crippen molar-refractivity contribution in [3.8, 4) is 0 Å². The smallest absolute Gasteiger partial charge is 0.212 e. The number of carbonyl (C=O) groups is 1. The fraction of sp³-hybridized carbons (Fsp3) is 0. The number of aromatic nitrogens is 2. The molecule has 0 aliphatic heterocycles. The van der Waals surface area contributed by atoms with Crippen LogP contribution in [0.1, 0.15) is 16.1 Å². The van der Waals surface area contributed by atoms with E-state index < -0.39 is 0 Å². The van der Waals surface area contributed by atoms with E-state index in [0.29, 0.717) is 16.3 Å². The third kappa shape index (κ3) is 2.38. The second kappa shape index (κ2) is 4.88. The van der Waals surface area contributed by atoms with Gasteiger partial charge in [-0.2, -0.15) is 0 Å². The minimum absolute atomic E-state index is 0.175. The summed E-state index contributed by atoms with van der Waals surface area (Å²) in [4.78, 5) is 19.7. The van der Waals surface area contributed by atoms with E-state index in [1.165, 1.54) is 18.6 Å². The Bertz CT molecular complexity index is 531. The van der Waals surface area contributed by atoms with Crippen LogP contribution in [0.25, 0.3) is 0 Å². The molecular formula is C11H6ClIN2O. The molecule has 0 fully saturated rings. The van der Waals surface area contributed by atoms with Gasteiger partial charge in [0.15, 0.2) is 0 Å². The maximum absolute atomic E-state index is 11.9. The molecule has 0 saturated heterocycles. The zero-order valence-corrected chi connectivity index (χ0v) is 10.9. The predicted octanol–water partition coefficient (Wildman–Crippen LogP) is 2.97. The number of benzene rings is 1. The first-order chi connectivity index (χ1) is 7.68. The zero-order chi connectivity index (χ0) is 11.5. The molecule has 16 heavy (non-hydrogen) atoms. The molecule has 0 bridgehead atoms. The van der Waals surface area contributed by atoms with Crippen LogP contribution < -0.4 is 0 Å². The quantitative estimate of drug-likeness (QED) is 0.621. The largest absolute Gasteiger partial charge is 0.287 e. The molecule has 5 heteroatoms. The summed E-state index contributed by atoms with van der Waals surface area (Å²) >= 11 is 8.06. The number of rotatable bonds is 2. The van der Waals surface area contributed by atoms with Crippen LogP contribution in [-0.4, -0.2) is 15.8 Å². The summed E-state index contributed by atoms with van der Waals surface area (Å²) in [5.74, 6) is -0.175. The Labute approximate surface area is 111 Å². The summed E-state index contributed by atoms with van der Waals surface area (Å²) < 4.78 is 0.912. The lowest BCUT2D eigenvalue weighted by Crippen LogP contribution is -2.04. The maximum atomic E-state index is 11.9. The van der Waals surface area contributed by atoms with Gasteiger partial charge in [0.05, 0.1) is 11.2 Å². The average molecular weight is 345 g/mol. The number of hydrogen-bond donors (Lipinski definition) is 0. The van der Waals surface area contributed by atoms with Gasteiger partial charge in [0.2, 0.25) is 5.78 Å². The maximum Gasteiger partial charge on any atom is 0.212 e. The Morgan fingerprint density at radius 1 is 1.31 bits per heavy atom. The van der Waals surface area contributed by atoms with Gasteiger partial charge in [-0.1, -0.05) is 11.6 Å². The minimum Gasteiger partial charge on any atom is -0.287 e. The van der Waals surface area contributed by atoms with Crippen molar-refractivity contribution in [2.24, 2.45) is 0 Å². The van der Waals surface area contributed by atoms with Crippen LogP contribution in [-0.2, 0) is 0 Å². The van der Waals surface area contributed by atoms with Crippen molar-refractivity contribution in [1.82, 2.24) is 9.97 Å². The van der Waals surface area contributed by atoms with Crippen molar-refractivity contribution < 1.29 is 4.79 Å². The standard InChI is InChI=1S/C11H6ClIN2O/c12-8-5-7(1-2-9(8)13)11(16)10-6-14-3-4-15-10/h1-6H. The minimum atomic E-state index is -0.175. The molecule has 0 amide bonds. The van der Waals surface area contributed by atoms with E-state index in [4.69, 9.17) is 11.6 Å². The molecule has 0 N–H and O–H groups in total. The third-order valence-corrected chi connectivity index (χ3v) is 3.55. The van der Waals surface area contributed by atoms with Gasteiger partial charge in [-0.15, -0.1) is 0 Å². The van der Waals surface area contributed by atoms with Crippen LogP contribution in [0.5, 0.6) is 0 Å². The molecule has 1 heterocycles. The van der Waals surface area contributed by atoms with Crippen molar-refractivity contribution >= 4 is 40.0 Å². The molecule has 2 aromatic rings. The Morgan fingerprint density at radius 3 is 2.75 bits per heavy atom. The topological polar surface area (TPSA) is 42.9 Å². The molecule has 1 aromatic heterocycles. The van der Waals surface area contributed by atoms with E-state index in [0.717, 1.165) is 3.57 Å². The molecule has 0 unspecified atom stereocenters. The first-order valence-corrected chi connectivity index (χ1v) is 5.90. The third-order valence-electron chi connectivity index (χ3n) is 1.98. The monoisotopic (exact) mass is 344 g/mol. The molecule has 0 atom stereocenters. The van der Waals surface area contributed by atoms with Crippen molar-refractivity contribution in [2.75, 3.05) is 0 Å². The van der Waals surface area contributed by atoms with Gasteiger partial charge in [-0.3, -0.25) is 9.78 Å². The van der Waals surface area contributed by atoms with E-state index >= 15 is 0 Å². The predicted molar refractivity (Wildman–Crippen MR) is 69.6 cm³/mol. The molecule has 1 aromatic carbocycles. The van der Waals surface area contributed by atoms with Gasteiger partial charge in [-0.05, 0) is 40.8 Å². The number of halogens is 2. The molecule has 3 nitrogen and oxygen atoms in total. The molecule has 0 spiro atoms. The summed E-state index contributed by atoms with van der Waals surface area (Å²) in [6, 6.07) is 5.16. The molecule has 2 rings (SSSR count). The first-order valence-electron chi connectivity index (χ1n) is 4.44. The highest BCUT2D eigenvalue weighted by atomic mass is 127. The average Bonchev–Trinajstić information content (AvgIpc) is 2.33. The Kier molecular flexibility index (Phi) is 3.50. The van der Waals surface area contributed by atoms with E-state index in [1.54, 1.807) is 18.2 Å². The van der Waals surface area contributed by atoms with Gasteiger partial charge in [0.1, 0.15) is 5.69 Å². The fourth-order valence-corrected chi connectivity index (χ4v) is 1.72. The van der Waals surface area contributed by atoms with Gasteiger partial charge in [0.25, 0.3) is 0 Å². The number of nitrogens with zero attached hydrogens (tertiary/aromatic N) is 2. The fourth-order valence-electron chi connectivity index (χ4n) is 1.20. The lowest BCUT2D eigenvalue weighted by atomic mass is 10.1. The van der Waals surface area contributed by atoms with Crippen LogP contribution in [0.2, 0.25) is 5.02 Å². The number of ketones is 1. The van der Waals surface area contributed by atoms with Gasteiger partial charge in [0, 0.05) is 21.5 Å². The van der Waals surface area contributed by atoms with Crippen LogP contribution >= 0.6 is 34.2 Å². The first kappa shape index (κ1) is 11.5. The molecule has 0 aliphatic carbocycles. The highest BCUT2D eigenvalue weighted by molar-refractivity contribution is 14.1. The normalized spacial score (nSPS) is 10.1. The SMILES string of the molecule is O=C(c1ccc(I)c(Cl)c1)c1cnccn1. The number of carbonyl (C=O) groups excluding carboxylic acids is 1. The van der Waals surface area contributed by atoms with E-state index in [-0.39, 0.29) is 5.78 Å². The molecule has 0 radical (unpaired) electrons. The number of hydrogen-bond acceptors (Lipinski definition) is 3. The Morgan fingerprint density at radius 2 is 2.12 bits per heavy atom.